The Kier molecular flexibility index (Phi) is 3.41. The molecule has 0 radical (unpaired) electrons. The highest BCUT2D eigenvalue weighted by Crippen LogP contribution is 2.17. The van der Waals surface area contributed by atoms with Crippen molar-refractivity contribution in [2.24, 2.45) is 4.99 Å². The van der Waals surface area contributed by atoms with Crippen molar-refractivity contribution in [2.75, 3.05) is 6.26 Å². The Morgan fingerprint density at radius 1 is 1.44 bits per heavy atom. The van der Waals surface area contributed by atoms with Gasteiger partial charge in [0, 0.05) is 0 Å². The molecule has 0 amide bonds. The average molecular weight is 231 g/mol. The summed E-state index contributed by atoms with van der Waals surface area (Å²) >= 11 is 1.57. The van der Waals surface area contributed by atoms with Crippen LogP contribution in [-0.2, 0) is 0 Å². The average Bonchev–Trinajstić information content (AvgIpc) is 2.73. The first-order valence-corrected chi connectivity index (χ1v) is 6.30. The van der Waals surface area contributed by atoms with E-state index in [2.05, 4.69) is 15.0 Å². The number of hydrogen-bond acceptors (Lipinski definition) is 3. The summed E-state index contributed by atoms with van der Waals surface area (Å²) in [6, 6.07) is 7.97. The maximum absolute atomic E-state index is 4.49. The number of H-pyrrole nitrogens is 1. The zero-order chi connectivity index (χ0) is 11.4. The van der Waals surface area contributed by atoms with Gasteiger partial charge in [0.15, 0.2) is 5.82 Å². The summed E-state index contributed by atoms with van der Waals surface area (Å²) in [5, 5.41) is 0. The van der Waals surface area contributed by atoms with Gasteiger partial charge in [0.25, 0.3) is 0 Å². The topological polar surface area (TPSA) is 41.0 Å². The summed E-state index contributed by atoms with van der Waals surface area (Å²) in [6.45, 7) is 1.96. The van der Waals surface area contributed by atoms with Crippen LogP contribution in [0, 0.1) is 0 Å². The van der Waals surface area contributed by atoms with Gasteiger partial charge in [0.2, 0.25) is 0 Å². The van der Waals surface area contributed by atoms with Crippen LogP contribution in [0.2, 0.25) is 0 Å². The zero-order valence-corrected chi connectivity index (χ0v) is 10.1. The molecule has 0 aliphatic heterocycles. The summed E-state index contributed by atoms with van der Waals surface area (Å²) in [5.74, 6) is 0.814. The maximum atomic E-state index is 4.49. The second-order valence-electron chi connectivity index (χ2n) is 3.25. The number of hydrogen-bond donors (Lipinski definition) is 1. The van der Waals surface area contributed by atoms with Crippen molar-refractivity contribution < 1.29 is 0 Å². The Morgan fingerprint density at radius 2 is 2.25 bits per heavy atom. The van der Waals surface area contributed by atoms with Crippen LogP contribution in [0.4, 0.5) is 0 Å². The van der Waals surface area contributed by atoms with Crippen molar-refractivity contribution in [3.63, 3.8) is 0 Å². The smallest absolute Gasteiger partial charge is 0.156 e. The number of aliphatic imine (C=N–C) groups is 1. The zero-order valence-electron chi connectivity index (χ0n) is 9.27. The lowest BCUT2D eigenvalue weighted by molar-refractivity contribution is 1.24. The van der Waals surface area contributed by atoms with Gasteiger partial charge in [-0.3, -0.25) is 0 Å². The summed E-state index contributed by atoms with van der Waals surface area (Å²) in [5.41, 5.74) is 4.68. The fourth-order valence-corrected chi connectivity index (χ4v) is 1.67. The fraction of sp³-hybridized carbons (Fsp3) is 0.167. The largest absolute Gasteiger partial charge is 0.337 e. The highest BCUT2D eigenvalue weighted by Gasteiger charge is 2.04. The summed E-state index contributed by atoms with van der Waals surface area (Å²) in [7, 11) is 0. The third-order valence-corrected chi connectivity index (χ3v) is 2.52. The number of benzene rings is 1. The first-order valence-electron chi connectivity index (χ1n) is 5.02. The molecule has 0 unspecified atom stereocenters. The number of fused-ring (bicyclic) bond motifs is 1. The molecule has 1 aromatic heterocycles. The van der Waals surface area contributed by atoms with E-state index in [-0.39, 0.29) is 0 Å². The first-order chi connectivity index (χ1) is 7.85. The van der Waals surface area contributed by atoms with Crippen LogP contribution in [0.15, 0.2) is 35.3 Å². The van der Waals surface area contributed by atoms with Crippen molar-refractivity contribution in [3.8, 4) is 0 Å². The minimum atomic E-state index is 0.814. The van der Waals surface area contributed by atoms with Crippen molar-refractivity contribution in [2.45, 2.75) is 6.92 Å². The Morgan fingerprint density at radius 3 is 2.94 bits per heavy atom. The van der Waals surface area contributed by atoms with Gasteiger partial charge in [-0.25, -0.2) is 9.98 Å². The number of thioether (sulfide) groups is 1. The van der Waals surface area contributed by atoms with Crippen LogP contribution >= 0.6 is 11.8 Å². The minimum absolute atomic E-state index is 0.814. The normalized spacial score (nSPS) is 12.8. The predicted molar refractivity (Wildman–Crippen MR) is 71.8 cm³/mol. The molecule has 0 saturated heterocycles. The molecule has 1 heterocycles. The van der Waals surface area contributed by atoms with E-state index in [9.17, 15) is 0 Å². The molecule has 2 aromatic rings. The molecule has 0 aliphatic rings. The van der Waals surface area contributed by atoms with Crippen LogP contribution in [0.3, 0.4) is 0 Å². The lowest BCUT2D eigenvalue weighted by Gasteiger charge is -1.94. The molecule has 0 bridgehead atoms. The van der Waals surface area contributed by atoms with E-state index in [1.807, 2.05) is 49.1 Å². The molecule has 1 aromatic carbocycles. The number of nitrogens with one attached hydrogen (secondary N) is 1. The molecule has 2 rings (SSSR count). The van der Waals surface area contributed by atoms with E-state index in [1.165, 1.54) is 0 Å². The molecule has 82 valence electrons. The predicted octanol–water partition coefficient (Wildman–Crippen LogP) is 3.32. The quantitative estimate of drug-likeness (QED) is 0.650. The third-order valence-electron chi connectivity index (χ3n) is 2.20. The molecule has 1 N–H and O–H groups in total. The number of allylic oxidation sites excluding steroid dienone is 1. The maximum Gasteiger partial charge on any atom is 0.156 e. The van der Waals surface area contributed by atoms with Gasteiger partial charge in [0.05, 0.1) is 16.6 Å². The van der Waals surface area contributed by atoms with Crippen LogP contribution < -0.4 is 0 Å². The Balaban J connectivity index is 2.42. The second-order valence-corrected chi connectivity index (χ2v) is 3.93. The van der Waals surface area contributed by atoms with Crippen molar-refractivity contribution in [1.82, 2.24) is 9.97 Å². The molecular weight excluding hydrogens is 218 g/mol. The summed E-state index contributed by atoms with van der Waals surface area (Å²) in [6.07, 6.45) is 3.93. The van der Waals surface area contributed by atoms with Gasteiger partial charge in [0.1, 0.15) is 5.70 Å². The van der Waals surface area contributed by atoms with Gasteiger partial charge < -0.3 is 4.98 Å². The van der Waals surface area contributed by atoms with E-state index < -0.39 is 0 Å². The van der Waals surface area contributed by atoms with E-state index in [4.69, 9.17) is 0 Å². The lowest BCUT2D eigenvalue weighted by Crippen LogP contribution is -1.83. The molecule has 0 spiro atoms. The van der Waals surface area contributed by atoms with Crippen LogP contribution in [0.1, 0.15) is 12.7 Å². The summed E-state index contributed by atoms with van der Waals surface area (Å²) < 4.78 is 0. The molecule has 0 aliphatic carbocycles. The van der Waals surface area contributed by atoms with Crippen molar-refractivity contribution in [3.05, 3.63) is 36.2 Å². The second kappa shape index (κ2) is 4.99. The lowest BCUT2D eigenvalue weighted by atomic mass is 10.3. The van der Waals surface area contributed by atoms with Crippen LogP contribution in [-0.4, -0.2) is 21.8 Å². The highest BCUT2D eigenvalue weighted by molar-refractivity contribution is 8.11. The number of rotatable bonds is 3. The molecule has 0 fully saturated rings. The van der Waals surface area contributed by atoms with Crippen LogP contribution in [0.25, 0.3) is 16.7 Å². The van der Waals surface area contributed by atoms with E-state index in [0.717, 1.165) is 22.6 Å². The van der Waals surface area contributed by atoms with Gasteiger partial charge in [-0.1, -0.05) is 18.2 Å². The summed E-state index contributed by atoms with van der Waals surface area (Å²) in [4.78, 5) is 12.1. The molecule has 0 atom stereocenters. The molecule has 3 nitrogen and oxygen atoms in total. The highest BCUT2D eigenvalue weighted by atomic mass is 32.2. The van der Waals surface area contributed by atoms with Gasteiger partial charge in [-0.15, -0.1) is 11.8 Å². The molecule has 4 heteroatoms. The number of imidazole rings is 1. The Labute approximate surface area is 98.7 Å². The van der Waals surface area contributed by atoms with Crippen molar-refractivity contribution in [1.29, 1.82) is 0 Å². The molecule has 0 saturated carbocycles. The monoisotopic (exact) mass is 231 g/mol. The number of aromatic nitrogens is 2. The van der Waals surface area contributed by atoms with Crippen LogP contribution in [0.5, 0.6) is 0 Å². The molecular formula is C12H13N3S. The fourth-order valence-electron chi connectivity index (χ4n) is 1.46. The number of para-hydroxylation sites is 2. The van der Waals surface area contributed by atoms with E-state index in [0.29, 0.717) is 0 Å². The minimum Gasteiger partial charge on any atom is -0.337 e. The first kappa shape index (κ1) is 11.0. The SMILES string of the molecule is C/C=C(\N=CSC)c1nc2ccccc2[nH]1. The van der Waals surface area contributed by atoms with Gasteiger partial charge in [-0.2, -0.15) is 0 Å². The van der Waals surface area contributed by atoms with Crippen molar-refractivity contribution >= 4 is 34.0 Å². The van der Waals surface area contributed by atoms with E-state index >= 15 is 0 Å². The Hall–Kier alpha value is -1.55. The van der Waals surface area contributed by atoms with Gasteiger partial charge >= 0.3 is 0 Å². The van der Waals surface area contributed by atoms with Gasteiger partial charge in [-0.05, 0) is 25.3 Å². The standard InChI is InChI=1S/C12H13N3S/c1-3-9(13-8-16-2)12-14-10-6-4-5-7-11(10)15-12/h3-8H,1-2H3,(H,14,15)/b9-3-,13-8?. The number of nitrogens with zero attached hydrogens (tertiary/aromatic N) is 2. The molecule has 16 heavy (non-hydrogen) atoms. The number of aromatic amines is 1. The third kappa shape index (κ3) is 2.17. The Bertz CT molecular complexity index is 507. The van der Waals surface area contributed by atoms with E-state index in [1.54, 1.807) is 11.8 Å².